The molecule has 31 heavy (non-hydrogen) atoms. The summed E-state index contributed by atoms with van der Waals surface area (Å²) in [5, 5.41) is 0. The van der Waals surface area contributed by atoms with E-state index in [0.717, 1.165) is 11.1 Å². The number of carbonyl (C=O) groups excluding carboxylic acids is 2. The van der Waals surface area contributed by atoms with Gasteiger partial charge in [0, 0.05) is 31.7 Å². The molecule has 0 aliphatic rings. The minimum Gasteiger partial charge on any atom is -0.341 e. The Balaban J connectivity index is 1.46. The van der Waals surface area contributed by atoms with Crippen molar-refractivity contribution in [3.63, 3.8) is 0 Å². The first-order valence-corrected chi connectivity index (χ1v) is 9.71. The molecule has 0 saturated carbocycles. The second-order valence-corrected chi connectivity index (χ2v) is 7.18. The summed E-state index contributed by atoms with van der Waals surface area (Å²) in [7, 11) is 0. The number of hydrogen-bond donors (Lipinski definition) is 0. The summed E-state index contributed by atoms with van der Waals surface area (Å²) < 4.78 is 29.6. The lowest BCUT2D eigenvalue weighted by Gasteiger charge is -2.10. The van der Waals surface area contributed by atoms with Crippen LogP contribution in [-0.2, 0) is 13.1 Å². The van der Waals surface area contributed by atoms with Crippen LogP contribution < -0.4 is 0 Å². The Labute approximate surface area is 177 Å². The van der Waals surface area contributed by atoms with Crippen molar-refractivity contribution in [2.24, 2.45) is 0 Å². The normalized spacial score (nSPS) is 10.9. The molecular formula is C24H19F2N3O2. The van der Waals surface area contributed by atoms with Gasteiger partial charge in [-0.3, -0.25) is 9.59 Å². The number of hydrogen-bond acceptors (Lipinski definition) is 3. The molecule has 4 aromatic rings. The summed E-state index contributed by atoms with van der Waals surface area (Å²) >= 11 is 0. The van der Waals surface area contributed by atoms with Crippen molar-refractivity contribution in [2.75, 3.05) is 0 Å². The fourth-order valence-electron chi connectivity index (χ4n) is 3.38. The Morgan fingerprint density at radius 2 is 1.32 bits per heavy atom. The van der Waals surface area contributed by atoms with Gasteiger partial charge in [0.15, 0.2) is 11.6 Å². The number of ketones is 2. The molecule has 0 unspecified atom stereocenters. The maximum Gasteiger partial charge on any atom is 0.206 e. The number of nitrogens with zero attached hydrogens (tertiary/aromatic N) is 3. The van der Waals surface area contributed by atoms with Crippen LogP contribution in [0.5, 0.6) is 0 Å². The Morgan fingerprint density at radius 1 is 0.742 bits per heavy atom. The number of carbonyl (C=O) groups is 2. The molecule has 5 nitrogen and oxygen atoms in total. The first-order chi connectivity index (χ1) is 15.0. The lowest BCUT2D eigenvalue weighted by molar-refractivity contribution is 0.0881. The van der Waals surface area contributed by atoms with Crippen LogP contribution in [0, 0.1) is 11.6 Å². The molecule has 2 aromatic carbocycles. The molecule has 0 radical (unpaired) electrons. The van der Waals surface area contributed by atoms with E-state index in [1.54, 1.807) is 57.9 Å². The van der Waals surface area contributed by atoms with Crippen LogP contribution in [0.15, 0.2) is 79.3 Å². The van der Waals surface area contributed by atoms with Crippen LogP contribution in [0.1, 0.15) is 38.7 Å². The highest BCUT2D eigenvalue weighted by Crippen LogP contribution is 2.14. The maximum atomic E-state index is 13.1. The van der Waals surface area contributed by atoms with E-state index >= 15 is 0 Å². The molecule has 2 aromatic heterocycles. The first kappa shape index (κ1) is 20.4. The Kier molecular flexibility index (Phi) is 5.84. The molecule has 0 spiro atoms. The second kappa shape index (κ2) is 8.87. The van der Waals surface area contributed by atoms with Gasteiger partial charge in [0.05, 0.1) is 12.1 Å². The molecule has 4 rings (SSSR count). The van der Waals surface area contributed by atoms with E-state index < -0.39 is 5.78 Å². The molecule has 156 valence electrons. The van der Waals surface area contributed by atoms with Gasteiger partial charge >= 0.3 is 0 Å². The summed E-state index contributed by atoms with van der Waals surface area (Å²) in [4.78, 5) is 29.7. The lowest BCUT2D eigenvalue weighted by atomic mass is 10.1. The summed E-state index contributed by atoms with van der Waals surface area (Å²) in [6.45, 7) is 0.734. The average Bonchev–Trinajstić information content (AvgIpc) is 3.41. The molecule has 0 aliphatic heterocycles. The maximum absolute atomic E-state index is 13.1. The van der Waals surface area contributed by atoms with Gasteiger partial charge in [-0.25, -0.2) is 13.8 Å². The van der Waals surface area contributed by atoms with Crippen molar-refractivity contribution in [2.45, 2.75) is 19.5 Å². The zero-order valence-corrected chi connectivity index (χ0v) is 16.5. The Morgan fingerprint density at radius 3 is 1.94 bits per heavy atom. The van der Waals surface area contributed by atoms with Crippen molar-refractivity contribution < 1.29 is 18.4 Å². The summed E-state index contributed by atoms with van der Waals surface area (Å²) in [6, 6.07) is 15.4. The molecule has 7 heteroatoms. The molecule has 0 atom stereocenters. The third-order valence-electron chi connectivity index (χ3n) is 4.93. The van der Waals surface area contributed by atoms with Gasteiger partial charge in [-0.2, -0.15) is 0 Å². The highest BCUT2D eigenvalue weighted by atomic mass is 19.1. The monoisotopic (exact) mass is 419 g/mol. The molecule has 0 N–H and O–H groups in total. The summed E-state index contributed by atoms with van der Waals surface area (Å²) in [5.41, 5.74) is 2.05. The van der Waals surface area contributed by atoms with Crippen LogP contribution >= 0.6 is 0 Å². The lowest BCUT2D eigenvalue weighted by Crippen LogP contribution is -2.17. The molecule has 0 aliphatic carbocycles. The van der Waals surface area contributed by atoms with E-state index in [9.17, 15) is 18.4 Å². The van der Waals surface area contributed by atoms with Crippen LogP contribution in [-0.4, -0.2) is 25.7 Å². The fourth-order valence-corrected chi connectivity index (χ4v) is 3.38. The molecule has 0 bridgehead atoms. The fraction of sp³-hybridized carbons (Fsp3) is 0.125. The molecule has 2 heterocycles. The van der Waals surface area contributed by atoms with Gasteiger partial charge in [-0.05, 0) is 47.5 Å². The van der Waals surface area contributed by atoms with Crippen LogP contribution in [0.3, 0.4) is 0 Å². The summed E-state index contributed by atoms with van der Waals surface area (Å²) in [5.74, 6) is -1.20. The third-order valence-corrected chi connectivity index (χ3v) is 4.93. The standard InChI is InChI=1S/C24H19F2N3O2/c25-19-7-3-17(4-8-19)15-28-12-1-2-21(28)22(30)14-23(31)24-27-11-13-29(24)16-18-5-9-20(26)10-6-18/h1-13H,14-16H2. The van der Waals surface area contributed by atoms with Crippen molar-refractivity contribution in [3.05, 3.63) is 114 Å². The van der Waals surface area contributed by atoms with Crippen molar-refractivity contribution >= 4 is 11.6 Å². The van der Waals surface area contributed by atoms with Crippen molar-refractivity contribution in [1.82, 2.24) is 14.1 Å². The van der Waals surface area contributed by atoms with Crippen LogP contribution in [0.4, 0.5) is 8.78 Å². The van der Waals surface area contributed by atoms with Gasteiger partial charge in [0.1, 0.15) is 11.6 Å². The largest absolute Gasteiger partial charge is 0.341 e. The minimum absolute atomic E-state index is 0.175. The van der Waals surface area contributed by atoms with Crippen LogP contribution in [0.25, 0.3) is 0 Å². The molecular weight excluding hydrogens is 400 g/mol. The minimum atomic E-state index is -0.397. The van der Waals surface area contributed by atoms with Gasteiger partial charge in [0.25, 0.3) is 0 Å². The average molecular weight is 419 g/mol. The van der Waals surface area contributed by atoms with Crippen molar-refractivity contribution in [3.8, 4) is 0 Å². The predicted octanol–water partition coefficient (Wildman–Crippen LogP) is 4.52. The number of benzene rings is 2. The van der Waals surface area contributed by atoms with E-state index in [1.165, 1.54) is 30.5 Å². The Hall–Kier alpha value is -3.87. The number of Topliss-reactive ketones (excluding diaryl/α,β-unsaturated/α-hetero) is 2. The number of aromatic nitrogens is 3. The first-order valence-electron chi connectivity index (χ1n) is 9.71. The SMILES string of the molecule is O=C(CC(=O)c1nccn1Cc1ccc(F)cc1)c1cccn1Cc1ccc(F)cc1. The summed E-state index contributed by atoms with van der Waals surface area (Å²) in [6.07, 6.45) is 4.57. The second-order valence-electron chi connectivity index (χ2n) is 7.18. The zero-order chi connectivity index (χ0) is 21.8. The topological polar surface area (TPSA) is 56.9 Å². The number of halogens is 2. The predicted molar refractivity (Wildman–Crippen MR) is 111 cm³/mol. The van der Waals surface area contributed by atoms with Gasteiger partial charge < -0.3 is 9.13 Å². The van der Waals surface area contributed by atoms with E-state index in [4.69, 9.17) is 0 Å². The van der Waals surface area contributed by atoms with E-state index in [-0.39, 0.29) is 29.7 Å². The highest BCUT2D eigenvalue weighted by Gasteiger charge is 2.20. The molecule has 0 saturated heterocycles. The Bertz CT molecular complexity index is 1110. The molecule has 0 amide bonds. The number of rotatable bonds is 8. The zero-order valence-electron chi connectivity index (χ0n) is 16.5. The van der Waals surface area contributed by atoms with Gasteiger partial charge in [-0.15, -0.1) is 0 Å². The van der Waals surface area contributed by atoms with E-state index in [2.05, 4.69) is 4.98 Å². The third kappa shape index (κ3) is 4.83. The quantitative estimate of drug-likeness (QED) is 0.312. The smallest absolute Gasteiger partial charge is 0.206 e. The van der Waals surface area contributed by atoms with E-state index in [1.807, 2.05) is 0 Å². The number of imidazole rings is 1. The van der Waals surface area contributed by atoms with Gasteiger partial charge in [-0.1, -0.05) is 24.3 Å². The van der Waals surface area contributed by atoms with Crippen molar-refractivity contribution in [1.29, 1.82) is 0 Å². The molecule has 0 fully saturated rings. The van der Waals surface area contributed by atoms with E-state index in [0.29, 0.717) is 18.8 Å². The van der Waals surface area contributed by atoms with Crippen LogP contribution in [0.2, 0.25) is 0 Å². The van der Waals surface area contributed by atoms with Gasteiger partial charge in [0.2, 0.25) is 5.78 Å². The highest BCUT2D eigenvalue weighted by molar-refractivity contribution is 6.11.